The first-order valence-corrected chi connectivity index (χ1v) is 6.88. The Bertz CT molecular complexity index is 190. The first kappa shape index (κ1) is 13.4. The topological polar surface area (TPSA) is 0 Å². The van der Waals surface area contributed by atoms with Crippen LogP contribution in [0.1, 0.15) is 60.3 Å². The van der Waals surface area contributed by atoms with E-state index in [4.69, 9.17) is 11.6 Å². The molecule has 0 aromatic rings. The summed E-state index contributed by atoms with van der Waals surface area (Å²) >= 11 is 6.44. The van der Waals surface area contributed by atoms with E-state index in [2.05, 4.69) is 34.6 Å². The number of halogens is 1. The van der Waals surface area contributed by atoms with E-state index < -0.39 is 0 Å². The standard InChI is InChI=1S/C14H27Cl/c1-10(2)8-11-9-12(14(3,4)5)6-7-13(11)15/h10-13H,6-9H2,1-5H3. The third-order valence-corrected chi connectivity index (χ3v) is 4.46. The Labute approximate surface area is 101 Å². The first-order chi connectivity index (χ1) is 6.80. The zero-order valence-corrected chi connectivity index (χ0v) is 11.8. The molecule has 3 unspecified atom stereocenters. The van der Waals surface area contributed by atoms with Crippen molar-refractivity contribution in [1.82, 2.24) is 0 Å². The summed E-state index contributed by atoms with van der Waals surface area (Å²) in [7, 11) is 0. The molecular weight excluding hydrogens is 204 g/mol. The number of hydrogen-bond acceptors (Lipinski definition) is 0. The lowest BCUT2D eigenvalue weighted by molar-refractivity contribution is 0.134. The van der Waals surface area contributed by atoms with Crippen LogP contribution in [-0.2, 0) is 0 Å². The van der Waals surface area contributed by atoms with E-state index in [0.717, 1.165) is 17.8 Å². The summed E-state index contributed by atoms with van der Waals surface area (Å²) in [5, 5.41) is 0.436. The fourth-order valence-electron chi connectivity index (χ4n) is 2.86. The zero-order chi connectivity index (χ0) is 11.6. The Kier molecular flexibility index (Phi) is 4.52. The quantitative estimate of drug-likeness (QED) is 0.579. The van der Waals surface area contributed by atoms with Gasteiger partial charge in [-0.1, -0.05) is 34.6 Å². The highest BCUT2D eigenvalue weighted by atomic mass is 35.5. The van der Waals surface area contributed by atoms with Gasteiger partial charge in [-0.25, -0.2) is 0 Å². The summed E-state index contributed by atoms with van der Waals surface area (Å²) in [5.74, 6) is 2.41. The van der Waals surface area contributed by atoms with E-state index in [9.17, 15) is 0 Å². The molecule has 1 rings (SSSR count). The highest BCUT2D eigenvalue weighted by Crippen LogP contribution is 2.43. The average Bonchev–Trinajstić information content (AvgIpc) is 2.06. The van der Waals surface area contributed by atoms with E-state index in [0.29, 0.717) is 10.8 Å². The molecule has 0 aliphatic heterocycles. The molecule has 90 valence electrons. The fraction of sp³-hybridized carbons (Fsp3) is 1.00. The summed E-state index contributed by atoms with van der Waals surface area (Å²) in [6.07, 6.45) is 5.20. The predicted molar refractivity (Wildman–Crippen MR) is 69.4 cm³/mol. The van der Waals surface area contributed by atoms with Crippen LogP contribution in [0.25, 0.3) is 0 Å². The van der Waals surface area contributed by atoms with Crippen LogP contribution in [0.2, 0.25) is 0 Å². The van der Waals surface area contributed by atoms with Crippen molar-refractivity contribution in [3.05, 3.63) is 0 Å². The van der Waals surface area contributed by atoms with Gasteiger partial charge in [-0.2, -0.15) is 0 Å². The maximum absolute atomic E-state index is 6.44. The number of rotatable bonds is 2. The van der Waals surface area contributed by atoms with Gasteiger partial charge in [-0.05, 0) is 48.9 Å². The molecule has 0 saturated heterocycles. The molecule has 0 heterocycles. The average molecular weight is 231 g/mol. The molecule has 1 saturated carbocycles. The lowest BCUT2D eigenvalue weighted by Crippen LogP contribution is -2.33. The largest absolute Gasteiger partial charge is 0.123 e. The van der Waals surface area contributed by atoms with Gasteiger partial charge in [0.15, 0.2) is 0 Å². The molecule has 0 radical (unpaired) electrons. The highest BCUT2D eigenvalue weighted by molar-refractivity contribution is 6.20. The van der Waals surface area contributed by atoms with Crippen molar-refractivity contribution >= 4 is 11.6 Å². The molecule has 0 amide bonds. The molecular formula is C14H27Cl. The smallest absolute Gasteiger partial charge is 0.0364 e. The van der Waals surface area contributed by atoms with Crippen LogP contribution < -0.4 is 0 Å². The third-order valence-electron chi connectivity index (χ3n) is 3.89. The lowest BCUT2D eigenvalue weighted by Gasteiger charge is -2.40. The van der Waals surface area contributed by atoms with Crippen molar-refractivity contribution < 1.29 is 0 Å². The first-order valence-electron chi connectivity index (χ1n) is 6.44. The minimum atomic E-state index is 0.436. The Hall–Kier alpha value is 0.290. The monoisotopic (exact) mass is 230 g/mol. The van der Waals surface area contributed by atoms with Crippen LogP contribution in [0, 0.1) is 23.2 Å². The molecule has 1 fully saturated rings. The van der Waals surface area contributed by atoms with Gasteiger partial charge in [-0.3, -0.25) is 0 Å². The Morgan fingerprint density at radius 1 is 1.20 bits per heavy atom. The van der Waals surface area contributed by atoms with Crippen molar-refractivity contribution in [3.63, 3.8) is 0 Å². The molecule has 0 bridgehead atoms. The second kappa shape index (κ2) is 5.08. The van der Waals surface area contributed by atoms with Crippen LogP contribution in [0.4, 0.5) is 0 Å². The van der Waals surface area contributed by atoms with E-state index in [1.54, 1.807) is 0 Å². The SMILES string of the molecule is CC(C)CC1CC(C(C)(C)C)CCC1Cl. The fourth-order valence-corrected chi connectivity index (χ4v) is 3.19. The van der Waals surface area contributed by atoms with Crippen LogP contribution >= 0.6 is 11.6 Å². The Balaban J connectivity index is 2.56. The minimum absolute atomic E-state index is 0.436. The van der Waals surface area contributed by atoms with Gasteiger partial charge in [0.2, 0.25) is 0 Å². The second-order valence-electron chi connectivity index (χ2n) is 6.78. The second-order valence-corrected chi connectivity index (χ2v) is 7.34. The molecule has 1 aliphatic rings. The molecule has 0 aromatic carbocycles. The number of alkyl halides is 1. The van der Waals surface area contributed by atoms with Gasteiger partial charge < -0.3 is 0 Å². The van der Waals surface area contributed by atoms with E-state index in [1.165, 1.54) is 25.7 Å². The summed E-state index contributed by atoms with van der Waals surface area (Å²) < 4.78 is 0. The molecule has 15 heavy (non-hydrogen) atoms. The van der Waals surface area contributed by atoms with Crippen molar-refractivity contribution in [2.45, 2.75) is 65.7 Å². The Morgan fingerprint density at radius 3 is 2.27 bits per heavy atom. The van der Waals surface area contributed by atoms with Gasteiger partial charge in [0, 0.05) is 5.38 Å². The van der Waals surface area contributed by atoms with Crippen molar-refractivity contribution in [1.29, 1.82) is 0 Å². The maximum Gasteiger partial charge on any atom is 0.0364 e. The van der Waals surface area contributed by atoms with E-state index in [-0.39, 0.29) is 0 Å². The summed E-state index contributed by atoms with van der Waals surface area (Å²) in [5.41, 5.74) is 0.465. The molecule has 0 nitrogen and oxygen atoms in total. The normalized spacial score (nSPS) is 33.4. The summed E-state index contributed by atoms with van der Waals surface area (Å²) in [4.78, 5) is 0. The number of hydrogen-bond donors (Lipinski definition) is 0. The van der Waals surface area contributed by atoms with Gasteiger partial charge in [0.05, 0.1) is 0 Å². The van der Waals surface area contributed by atoms with E-state index in [1.807, 2.05) is 0 Å². The third kappa shape index (κ3) is 3.98. The summed E-state index contributed by atoms with van der Waals surface area (Å²) in [6.45, 7) is 11.7. The Morgan fingerprint density at radius 2 is 1.80 bits per heavy atom. The van der Waals surface area contributed by atoms with Gasteiger partial charge in [0.1, 0.15) is 0 Å². The molecule has 3 atom stereocenters. The molecule has 0 aromatic heterocycles. The van der Waals surface area contributed by atoms with Gasteiger partial charge >= 0.3 is 0 Å². The van der Waals surface area contributed by atoms with Crippen molar-refractivity contribution in [2.24, 2.45) is 23.2 Å². The van der Waals surface area contributed by atoms with Crippen LogP contribution in [0.15, 0.2) is 0 Å². The van der Waals surface area contributed by atoms with Crippen LogP contribution in [0.5, 0.6) is 0 Å². The van der Waals surface area contributed by atoms with Crippen LogP contribution in [-0.4, -0.2) is 5.38 Å². The summed E-state index contributed by atoms with van der Waals surface area (Å²) in [6, 6.07) is 0. The zero-order valence-electron chi connectivity index (χ0n) is 11.0. The minimum Gasteiger partial charge on any atom is -0.123 e. The molecule has 1 aliphatic carbocycles. The highest BCUT2D eigenvalue weighted by Gasteiger charge is 2.34. The lowest BCUT2D eigenvalue weighted by atomic mass is 9.67. The molecule has 0 spiro atoms. The van der Waals surface area contributed by atoms with Crippen molar-refractivity contribution in [2.75, 3.05) is 0 Å². The van der Waals surface area contributed by atoms with Gasteiger partial charge in [0.25, 0.3) is 0 Å². The van der Waals surface area contributed by atoms with E-state index >= 15 is 0 Å². The molecule has 1 heteroatoms. The predicted octanol–water partition coefficient (Wildman–Crippen LogP) is 5.10. The van der Waals surface area contributed by atoms with Crippen LogP contribution in [0.3, 0.4) is 0 Å². The molecule has 0 N–H and O–H groups in total. The van der Waals surface area contributed by atoms with Gasteiger partial charge in [-0.15, -0.1) is 11.6 Å². The van der Waals surface area contributed by atoms with Crippen molar-refractivity contribution in [3.8, 4) is 0 Å². The maximum atomic E-state index is 6.44.